The standard InChI is InChI=1S/C21H17N5O4/c1-30-21(29)17-12-26(11-16-18(17)24-25-20(16)28)15-6-2-5-14(8-15)19(27)23-10-13-4-3-7-22-9-13/h2-9,11-12H,10H2,1H3,(H,23,27)(H,25,28). The van der Waals surface area contributed by atoms with Crippen LogP contribution in [0.1, 0.15) is 26.3 Å². The SMILES string of the molecule is COC(=O)c1cn(-c2cccc(C(=O)NCc3cccnc3)c2)cc2c(=O)[nH]nc1-2. The van der Waals surface area contributed by atoms with Crippen molar-refractivity contribution in [2.45, 2.75) is 6.54 Å². The lowest BCUT2D eigenvalue weighted by Gasteiger charge is -2.13. The van der Waals surface area contributed by atoms with Crippen LogP contribution in [0.25, 0.3) is 16.9 Å². The topological polar surface area (TPSA) is 119 Å². The number of amides is 1. The van der Waals surface area contributed by atoms with E-state index in [2.05, 4.69) is 20.5 Å². The zero-order valence-corrected chi connectivity index (χ0v) is 16.0. The number of fused-ring (bicyclic) bond motifs is 1. The molecule has 0 bridgehead atoms. The molecular formula is C21H17N5O4. The number of carbonyl (C=O) groups excluding carboxylic acids is 2. The Balaban J connectivity index is 1.67. The number of nitrogens with zero attached hydrogens (tertiary/aromatic N) is 3. The first-order valence-corrected chi connectivity index (χ1v) is 9.03. The molecule has 0 radical (unpaired) electrons. The van der Waals surface area contributed by atoms with E-state index in [0.29, 0.717) is 17.8 Å². The minimum Gasteiger partial charge on any atom is -0.465 e. The summed E-state index contributed by atoms with van der Waals surface area (Å²) in [4.78, 5) is 40.8. The number of esters is 1. The predicted octanol–water partition coefficient (Wildman–Crippen LogP) is 1.78. The van der Waals surface area contributed by atoms with E-state index in [1.807, 2.05) is 6.07 Å². The summed E-state index contributed by atoms with van der Waals surface area (Å²) in [5.41, 5.74) is 2.09. The molecule has 150 valence electrons. The van der Waals surface area contributed by atoms with E-state index in [9.17, 15) is 14.4 Å². The zero-order chi connectivity index (χ0) is 21.1. The van der Waals surface area contributed by atoms with Crippen molar-refractivity contribution < 1.29 is 14.3 Å². The molecular weight excluding hydrogens is 386 g/mol. The van der Waals surface area contributed by atoms with Gasteiger partial charge >= 0.3 is 5.97 Å². The smallest absolute Gasteiger partial charge is 0.341 e. The van der Waals surface area contributed by atoms with Crippen LogP contribution >= 0.6 is 0 Å². The quantitative estimate of drug-likeness (QED) is 0.490. The second-order valence-electron chi connectivity index (χ2n) is 6.48. The second kappa shape index (κ2) is 8.00. The molecule has 9 nitrogen and oxygen atoms in total. The number of nitrogens with one attached hydrogen (secondary N) is 2. The number of methoxy groups -OCH3 is 1. The fourth-order valence-corrected chi connectivity index (χ4v) is 3.04. The molecule has 1 aromatic carbocycles. The van der Waals surface area contributed by atoms with Crippen molar-refractivity contribution in [1.82, 2.24) is 25.1 Å². The molecule has 0 unspecified atom stereocenters. The summed E-state index contributed by atoms with van der Waals surface area (Å²) in [7, 11) is 1.25. The molecule has 2 N–H and O–H groups in total. The van der Waals surface area contributed by atoms with Crippen LogP contribution in [-0.2, 0) is 11.3 Å². The van der Waals surface area contributed by atoms with Crippen molar-refractivity contribution in [2.75, 3.05) is 7.11 Å². The van der Waals surface area contributed by atoms with Crippen molar-refractivity contribution in [2.24, 2.45) is 0 Å². The number of aromatic amines is 1. The van der Waals surface area contributed by atoms with Crippen LogP contribution in [0, 0.1) is 0 Å². The first-order chi connectivity index (χ1) is 14.6. The number of hydrogen-bond acceptors (Lipinski definition) is 6. The summed E-state index contributed by atoms with van der Waals surface area (Å²) in [5.74, 6) is -0.880. The fraction of sp³-hybridized carbons (Fsp3) is 0.0952. The van der Waals surface area contributed by atoms with Crippen LogP contribution in [0.5, 0.6) is 0 Å². The van der Waals surface area contributed by atoms with E-state index >= 15 is 0 Å². The Labute approximate surface area is 170 Å². The van der Waals surface area contributed by atoms with Gasteiger partial charge in [0.15, 0.2) is 0 Å². The summed E-state index contributed by atoms with van der Waals surface area (Å²) in [6.07, 6.45) is 6.42. The Morgan fingerprint density at radius 3 is 2.83 bits per heavy atom. The summed E-state index contributed by atoms with van der Waals surface area (Å²) < 4.78 is 6.39. The predicted molar refractivity (Wildman–Crippen MR) is 108 cm³/mol. The van der Waals surface area contributed by atoms with Crippen LogP contribution in [0.4, 0.5) is 0 Å². The monoisotopic (exact) mass is 403 g/mol. The van der Waals surface area contributed by atoms with Gasteiger partial charge < -0.3 is 14.6 Å². The van der Waals surface area contributed by atoms with E-state index in [0.717, 1.165) is 5.56 Å². The Morgan fingerprint density at radius 2 is 2.07 bits per heavy atom. The van der Waals surface area contributed by atoms with E-state index in [1.165, 1.54) is 13.3 Å². The maximum absolute atomic E-state index is 12.6. The van der Waals surface area contributed by atoms with Gasteiger partial charge in [-0.15, -0.1) is 0 Å². The van der Waals surface area contributed by atoms with Crippen molar-refractivity contribution in [3.05, 3.63) is 88.2 Å². The van der Waals surface area contributed by atoms with Crippen LogP contribution in [0.15, 0.2) is 66.0 Å². The van der Waals surface area contributed by atoms with Crippen molar-refractivity contribution in [3.63, 3.8) is 0 Å². The highest BCUT2D eigenvalue weighted by atomic mass is 16.5. The number of rotatable bonds is 5. The number of hydrogen-bond donors (Lipinski definition) is 2. The maximum Gasteiger partial charge on any atom is 0.341 e. The molecule has 9 heteroatoms. The Morgan fingerprint density at radius 1 is 1.20 bits per heavy atom. The average Bonchev–Trinajstić information content (AvgIpc) is 3.17. The van der Waals surface area contributed by atoms with Crippen LogP contribution in [0.2, 0.25) is 0 Å². The summed E-state index contributed by atoms with van der Waals surface area (Å²) in [6.45, 7) is 0.344. The number of H-pyrrole nitrogens is 1. The number of pyridine rings is 2. The number of ether oxygens (including phenoxy) is 1. The number of aromatic nitrogens is 4. The molecule has 30 heavy (non-hydrogen) atoms. The van der Waals surface area contributed by atoms with E-state index in [1.54, 1.807) is 53.5 Å². The minimum absolute atomic E-state index is 0.139. The molecule has 2 aliphatic heterocycles. The third-order valence-electron chi connectivity index (χ3n) is 4.55. The molecule has 0 aliphatic carbocycles. The first-order valence-electron chi connectivity index (χ1n) is 9.03. The highest BCUT2D eigenvalue weighted by Crippen LogP contribution is 2.23. The van der Waals surface area contributed by atoms with Gasteiger partial charge in [-0.25, -0.2) is 9.89 Å². The van der Waals surface area contributed by atoms with Gasteiger partial charge in [-0.2, -0.15) is 5.10 Å². The summed E-state index contributed by atoms with van der Waals surface area (Å²) in [5, 5.41) is 9.08. The number of benzene rings is 1. The second-order valence-corrected chi connectivity index (χ2v) is 6.48. The molecule has 2 aliphatic rings. The lowest BCUT2D eigenvalue weighted by atomic mass is 10.1. The van der Waals surface area contributed by atoms with Crippen LogP contribution < -0.4 is 10.9 Å². The van der Waals surface area contributed by atoms with Crippen LogP contribution in [-0.4, -0.2) is 38.7 Å². The zero-order valence-electron chi connectivity index (χ0n) is 16.0. The van der Waals surface area contributed by atoms with Crippen molar-refractivity contribution in [1.29, 1.82) is 0 Å². The highest BCUT2D eigenvalue weighted by molar-refractivity contribution is 5.96. The van der Waals surface area contributed by atoms with Crippen molar-refractivity contribution in [3.8, 4) is 16.9 Å². The molecule has 0 saturated heterocycles. The van der Waals surface area contributed by atoms with Gasteiger partial charge in [0.05, 0.1) is 12.7 Å². The molecule has 4 rings (SSSR count). The molecule has 2 aromatic rings. The summed E-state index contributed by atoms with van der Waals surface area (Å²) in [6, 6.07) is 10.5. The Bertz CT molecular complexity index is 1250. The molecule has 0 spiro atoms. The molecule has 3 heterocycles. The lowest BCUT2D eigenvalue weighted by molar-refractivity contribution is 0.0600. The molecule has 1 aromatic heterocycles. The molecule has 0 saturated carbocycles. The summed E-state index contributed by atoms with van der Waals surface area (Å²) >= 11 is 0. The third-order valence-corrected chi connectivity index (χ3v) is 4.55. The van der Waals surface area contributed by atoms with Crippen molar-refractivity contribution >= 4 is 11.9 Å². The van der Waals surface area contributed by atoms with E-state index in [4.69, 9.17) is 4.74 Å². The van der Waals surface area contributed by atoms with Gasteiger partial charge in [0, 0.05) is 42.6 Å². The van der Waals surface area contributed by atoms with Gasteiger partial charge in [0.25, 0.3) is 11.5 Å². The van der Waals surface area contributed by atoms with Gasteiger partial charge in [-0.1, -0.05) is 12.1 Å². The van der Waals surface area contributed by atoms with E-state index < -0.39 is 11.5 Å². The highest BCUT2D eigenvalue weighted by Gasteiger charge is 2.22. The van der Waals surface area contributed by atoms with Gasteiger partial charge in [0.1, 0.15) is 11.3 Å². The first kappa shape index (κ1) is 19.1. The van der Waals surface area contributed by atoms with Crippen LogP contribution in [0.3, 0.4) is 0 Å². The fourth-order valence-electron chi connectivity index (χ4n) is 3.04. The Hall–Kier alpha value is -4.27. The van der Waals surface area contributed by atoms with Gasteiger partial charge in [-0.05, 0) is 29.8 Å². The molecule has 0 atom stereocenters. The third kappa shape index (κ3) is 3.68. The number of carbonyl (C=O) groups is 2. The average molecular weight is 403 g/mol. The largest absolute Gasteiger partial charge is 0.465 e. The Kier molecular flexibility index (Phi) is 5.08. The van der Waals surface area contributed by atoms with E-state index in [-0.39, 0.29) is 22.7 Å². The molecule has 1 amide bonds. The maximum atomic E-state index is 12.6. The molecule has 0 fully saturated rings. The lowest BCUT2D eigenvalue weighted by Crippen LogP contribution is -2.23. The van der Waals surface area contributed by atoms with Gasteiger partial charge in [-0.3, -0.25) is 14.6 Å². The minimum atomic E-state index is -0.619. The normalized spacial score (nSPS) is 10.7. The van der Waals surface area contributed by atoms with Gasteiger partial charge in [0.2, 0.25) is 0 Å².